The average Bonchev–Trinajstić information content (AvgIpc) is 2.19. The van der Waals surface area contributed by atoms with E-state index in [1.54, 1.807) is 7.11 Å². The molecule has 0 aromatic carbocycles. The second-order valence-electron chi connectivity index (χ2n) is 3.87. The SMILES string of the molecule is COCCNC1(C(=O)O)CCCCC1. The molecule has 0 spiro atoms. The van der Waals surface area contributed by atoms with E-state index < -0.39 is 11.5 Å². The molecule has 0 aliphatic heterocycles. The van der Waals surface area contributed by atoms with Crippen molar-refractivity contribution < 1.29 is 14.6 Å². The molecule has 2 N–H and O–H groups in total. The molecule has 0 aromatic heterocycles. The molecule has 1 saturated carbocycles. The summed E-state index contributed by atoms with van der Waals surface area (Å²) in [6.45, 7) is 1.18. The number of methoxy groups -OCH3 is 1. The van der Waals surface area contributed by atoms with Gasteiger partial charge in [-0.2, -0.15) is 0 Å². The van der Waals surface area contributed by atoms with Crippen molar-refractivity contribution in [2.45, 2.75) is 37.6 Å². The Balaban J connectivity index is 2.47. The van der Waals surface area contributed by atoms with Crippen molar-refractivity contribution in [1.29, 1.82) is 0 Å². The summed E-state index contributed by atoms with van der Waals surface area (Å²) in [4.78, 5) is 11.2. The second-order valence-corrected chi connectivity index (χ2v) is 3.87. The normalized spacial score (nSPS) is 20.6. The van der Waals surface area contributed by atoms with Crippen molar-refractivity contribution in [2.75, 3.05) is 20.3 Å². The molecule has 0 heterocycles. The van der Waals surface area contributed by atoms with Gasteiger partial charge in [0, 0.05) is 13.7 Å². The summed E-state index contributed by atoms with van der Waals surface area (Å²) in [7, 11) is 1.62. The molecule has 0 saturated heterocycles. The number of carbonyl (C=O) groups is 1. The first kappa shape index (κ1) is 11.5. The Morgan fingerprint density at radius 1 is 1.43 bits per heavy atom. The van der Waals surface area contributed by atoms with Gasteiger partial charge in [0.25, 0.3) is 0 Å². The zero-order chi connectivity index (χ0) is 10.4. The third kappa shape index (κ3) is 2.69. The van der Waals surface area contributed by atoms with Crippen molar-refractivity contribution in [2.24, 2.45) is 0 Å². The molecular weight excluding hydrogens is 182 g/mol. The Hall–Kier alpha value is -0.610. The highest BCUT2D eigenvalue weighted by atomic mass is 16.5. The van der Waals surface area contributed by atoms with Crippen LogP contribution < -0.4 is 5.32 Å². The van der Waals surface area contributed by atoms with Crippen molar-refractivity contribution >= 4 is 5.97 Å². The molecule has 0 bridgehead atoms. The van der Waals surface area contributed by atoms with Crippen molar-refractivity contribution in [3.05, 3.63) is 0 Å². The Morgan fingerprint density at radius 2 is 2.07 bits per heavy atom. The van der Waals surface area contributed by atoms with Crippen LogP contribution in [0.3, 0.4) is 0 Å². The number of carboxylic acids is 1. The fourth-order valence-electron chi connectivity index (χ4n) is 2.01. The number of aliphatic carboxylic acids is 1. The van der Waals surface area contributed by atoms with Gasteiger partial charge in [0.15, 0.2) is 0 Å². The standard InChI is InChI=1S/C10H19NO3/c1-14-8-7-11-10(9(12)13)5-3-2-4-6-10/h11H,2-8H2,1H3,(H,12,13). The largest absolute Gasteiger partial charge is 0.480 e. The van der Waals surface area contributed by atoms with Crippen molar-refractivity contribution in [1.82, 2.24) is 5.32 Å². The lowest BCUT2D eigenvalue weighted by Crippen LogP contribution is -2.54. The maximum atomic E-state index is 11.2. The summed E-state index contributed by atoms with van der Waals surface area (Å²) in [5.41, 5.74) is -0.684. The first-order valence-corrected chi connectivity index (χ1v) is 5.19. The lowest BCUT2D eigenvalue weighted by molar-refractivity contribution is -0.146. The van der Waals surface area contributed by atoms with E-state index in [-0.39, 0.29) is 0 Å². The molecule has 1 rings (SSSR count). The fraction of sp³-hybridized carbons (Fsp3) is 0.900. The van der Waals surface area contributed by atoms with Crippen LogP contribution in [0.1, 0.15) is 32.1 Å². The molecule has 0 amide bonds. The summed E-state index contributed by atoms with van der Waals surface area (Å²) < 4.78 is 4.90. The maximum Gasteiger partial charge on any atom is 0.323 e. The highest BCUT2D eigenvalue weighted by Gasteiger charge is 2.38. The molecule has 0 aromatic rings. The Morgan fingerprint density at radius 3 is 2.57 bits per heavy atom. The van der Waals surface area contributed by atoms with Gasteiger partial charge >= 0.3 is 5.97 Å². The molecular formula is C10H19NO3. The van der Waals surface area contributed by atoms with E-state index in [0.717, 1.165) is 32.1 Å². The van der Waals surface area contributed by atoms with E-state index in [0.29, 0.717) is 13.2 Å². The first-order chi connectivity index (χ1) is 6.71. The summed E-state index contributed by atoms with van der Waals surface area (Å²) in [5.74, 6) is -0.715. The topological polar surface area (TPSA) is 58.6 Å². The van der Waals surface area contributed by atoms with Crippen molar-refractivity contribution in [3.63, 3.8) is 0 Å². The summed E-state index contributed by atoms with van der Waals surface area (Å²) in [6, 6.07) is 0. The first-order valence-electron chi connectivity index (χ1n) is 5.19. The molecule has 1 fully saturated rings. The average molecular weight is 201 g/mol. The van der Waals surface area contributed by atoms with Gasteiger partial charge in [0.2, 0.25) is 0 Å². The Kier molecular flexibility index (Phi) is 4.35. The van der Waals surface area contributed by atoms with Gasteiger partial charge in [-0.15, -0.1) is 0 Å². The van der Waals surface area contributed by atoms with E-state index in [1.165, 1.54) is 0 Å². The molecule has 1 aliphatic carbocycles. The monoisotopic (exact) mass is 201 g/mol. The molecule has 0 radical (unpaired) electrons. The third-order valence-electron chi connectivity index (χ3n) is 2.89. The van der Waals surface area contributed by atoms with Crippen LogP contribution in [0.5, 0.6) is 0 Å². The van der Waals surface area contributed by atoms with Gasteiger partial charge in [-0.3, -0.25) is 10.1 Å². The predicted molar refractivity (Wildman–Crippen MR) is 53.3 cm³/mol. The quantitative estimate of drug-likeness (QED) is 0.652. The number of rotatable bonds is 5. The van der Waals surface area contributed by atoms with Gasteiger partial charge in [-0.1, -0.05) is 19.3 Å². The highest BCUT2D eigenvalue weighted by molar-refractivity contribution is 5.78. The molecule has 14 heavy (non-hydrogen) atoms. The number of hydrogen-bond donors (Lipinski definition) is 2. The summed E-state index contributed by atoms with van der Waals surface area (Å²) in [6.07, 6.45) is 4.65. The molecule has 1 aliphatic rings. The van der Waals surface area contributed by atoms with Crippen LogP contribution in [-0.2, 0) is 9.53 Å². The minimum atomic E-state index is -0.715. The number of hydrogen-bond acceptors (Lipinski definition) is 3. The van der Waals surface area contributed by atoms with E-state index in [4.69, 9.17) is 4.74 Å². The lowest BCUT2D eigenvalue weighted by Gasteiger charge is -2.34. The van der Waals surface area contributed by atoms with Crippen LogP contribution >= 0.6 is 0 Å². The maximum absolute atomic E-state index is 11.2. The smallest absolute Gasteiger partial charge is 0.323 e. The predicted octanol–water partition coefficient (Wildman–Crippen LogP) is 1.01. The van der Waals surface area contributed by atoms with Crippen LogP contribution in [0.15, 0.2) is 0 Å². The molecule has 0 atom stereocenters. The lowest BCUT2D eigenvalue weighted by atomic mass is 9.82. The van der Waals surface area contributed by atoms with Gasteiger partial charge < -0.3 is 9.84 Å². The second kappa shape index (κ2) is 5.32. The number of nitrogens with one attached hydrogen (secondary N) is 1. The van der Waals surface area contributed by atoms with E-state index in [1.807, 2.05) is 0 Å². The van der Waals surface area contributed by atoms with E-state index in [2.05, 4.69) is 5.32 Å². The minimum absolute atomic E-state index is 0.565. The third-order valence-corrected chi connectivity index (χ3v) is 2.89. The van der Waals surface area contributed by atoms with Crippen LogP contribution in [0.4, 0.5) is 0 Å². The van der Waals surface area contributed by atoms with Crippen LogP contribution in [0.25, 0.3) is 0 Å². The zero-order valence-corrected chi connectivity index (χ0v) is 8.71. The Bertz CT molecular complexity index is 188. The highest BCUT2D eigenvalue weighted by Crippen LogP contribution is 2.28. The summed E-state index contributed by atoms with van der Waals surface area (Å²) in [5, 5.41) is 12.3. The molecule has 0 unspecified atom stereocenters. The van der Waals surface area contributed by atoms with E-state index in [9.17, 15) is 9.90 Å². The fourth-order valence-corrected chi connectivity index (χ4v) is 2.01. The zero-order valence-electron chi connectivity index (χ0n) is 8.71. The molecule has 4 heteroatoms. The molecule has 82 valence electrons. The van der Waals surface area contributed by atoms with Crippen LogP contribution in [0, 0.1) is 0 Å². The minimum Gasteiger partial charge on any atom is -0.480 e. The van der Waals surface area contributed by atoms with Crippen LogP contribution in [-0.4, -0.2) is 36.9 Å². The van der Waals surface area contributed by atoms with E-state index >= 15 is 0 Å². The number of ether oxygens (including phenoxy) is 1. The van der Waals surface area contributed by atoms with Crippen molar-refractivity contribution in [3.8, 4) is 0 Å². The van der Waals surface area contributed by atoms with Gasteiger partial charge in [0.05, 0.1) is 6.61 Å². The summed E-state index contributed by atoms with van der Waals surface area (Å²) >= 11 is 0. The Labute approximate surface area is 84.6 Å². The number of carboxylic acid groups (broad SMARTS) is 1. The molecule has 4 nitrogen and oxygen atoms in total. The van der Waals surface area contributed by atoms with Gasteiger partial charge in [0.1, 0.15) is 5.54 Å². The van der Waals surface area contributed by atoms with Crippen LogP contribution in [0.2, 0.25) is 0 Å². The van der Waals surface area contributed by atoms with Gasteiger partial charge in [-0.05, 0) is 12.8 Å². The van der Waals surface area contributed by atoms with Gasteiger partial charge in [-0.25, -0.2) is 0 Å².